The van der Waals surface area contributed by atoms with Crippen LogP contribution in [0.3, 0.4) is 0 Å². The van der Waals surface area contributed by atoms with E-state index in [0.29, 0.717) is 6.16 Å². The van der Waals surface area contributed by atoms with Gasteiger partial charge in [0.15, 0.2) is 0 Å². The van der Waals surface area contributed by atoms with Crippen molar-refractivity contribution in [2.24, 2.45) is 0 Å². The molecule has 1 unspecified atom stereocenters. The average Bonchev–Trinajstić information content (AvgIpc) is 2.80. The van der Waals surface area contributed by atoms with Crippen molar-refractivity contribution < 1.29 is 9.09 Å². The lowest BCUT2D eigenvalue weighted by Crippen LogP contribution is -2.33. The van der Waals surface area contributed by atoms with Gasteiger partial charge >= 0.3 is 0 Å². The second-order valence-electron chi connectivity index (χ2n) is 7.05. The molecule has 23 heavy (non-hydrogen) atoms. The van der Waals surface area contributed by atoms with Gasteiger partial charge in [-0.05, 0) is 52.0 Å². The third-order valence-electron chi connectivity index (χ3n) is 4.93. The molecule has 4 heteroatoms. The van der Waals surface area contributed by atoms with Gasteiger partial charge in [-0.25, -0.2) is 4.67 Å². The molecule has 0 aromatic heterocycles. The van der Waals surface area contributed by atoms with Gasteiger partial charge in [-0.15, -0.1) is 0 Å². The number of allylic oxidation sites excluding steroid dienone is 2. The highest BCUT2D eigenvalue weighted by molar-refractivity contribution is 7.57. The molecule has 1 aliphatic heterocycles. The van der Waals surface area contributed by atoms with Gasteiger partial charge in [0.2, 0.25) is 0 Å². The maximum Gasteiger partial charge on any atom is 0.277 e. The summed E-state index contributed by atoms with van der Waals surface area (Å²) >= 11 is 0. The first-order chi connectivity index (χ1) is 11.0. The Kier molecular flexibility index (Phi) is 5.10. The molecule has 0 amide bonds. The van der Waals surface area contributed by atoms with Gasteiger partial charge in [-0.1, -0.05) is 42.0 Å². The average molecular weight is 333 g/mol. The molecule has 1 aromatic rings. The molecule has 1 fully saturated rings. The lowest BCUT2D eigenvalue weighted by molar-refractivity contribution is 0.197. The van der Waals surface area contributed by atoms with E-state index in [1.807, 2.05) is 18.2 Å². The molecule has 3 nitrogen and oxygen atoms in total. The Hall–Kier alpha value is -0.890. The molecule has 3 atom stereocenters. The molecule has 1 saturated heterocycles. The highest BCUT2D eigenvalue weighted by atomic mass is 31.2. The molecule has 0 saturated carbocycles. The van der Waals surface area contributed by atoms with Crippen molar-refractivity contribution in [1.29, 1.82) is 0 Å². The van der Waals surface area contributed by atoms with Crippen molar-refractivity contribution in [2.45, 2.75) is 64.6 Å². The zero-order valence-corrected chi connectivity index (χ0v) is 15.3. The highest BCUT2D eigenvalue weighted by Gasteiger charge is 2.49. The molecule has 2 aliphatic rings. The molecule has 0 bridgehead atoms. The van der Waals surface area contributed by atoms with E-state index in [1.165, 1.54) is 18.4 Å². The molecule has 126 valence electrons. The van der Waals surface area contributed by atoms with Crippen LogP contribution < -0.4 is 0 Å². The summed E-state index contributed by atoms with van der Waals surface area (Å²) in [4.78, 5) is 0. The first-order valence-electron chi connectivity index (χ1n) is 8.80. The van der Waals surface area contributed by atoms with Crippen LogP contribution in [0, 0.1) is 0 Å². The Labute approximate surface area is 140 Å². The minimum Gasteiger partial charge on any atom is -0.307 e. The van der Waals surface area contributed by atoms with E-state index in [-0.39, 0.29) is 18.2 Å². The predicted octanol–water partition coefficient (Wildman–Crippen LogP) is 5.55. The summed E-state index contributed by atoms with van der Waals surface area (Å²) in [5.41, 5.74) is 2.45. The summed E-state index contributed by atoms with van der Waals surface area (Å²) < 4.78 is 22.1. The van der Waals surface area contributed by atoms with Crippen LogP contribution >= 0.6 is 7.52 Å². The zero-order valence-electron chi connectivity index (χ0n) is 14.4. The molecule has 0 spiro atoms. The Morgan fingerprint density at radius 2 is 2.00 bits per heavy atom. The lowest BCUT2D eigenvalue weighted by Gasteiger charge is -2.30. The fourth-order valence-electron chi connectivity index (χ4n) is 3.96. The summed E-state index contributed by atoms with van der Waals surface area (Å²) in [7, 11) is -2.82. The summed E-state index contributed by atoms with van der Waals surface area (Å²) in [6.07, 6.45) is 7.44. The second kappa shape index (κ2) is 6.93. The minimum absolute atomic E-state index is 0.103. The van der Waals surface area contributed by atoms with Crippen LogP contribution in [0.4, 0.5) is 0 Å². The SMILES string of the molecule is CC(C)N1C(C)[C@@H](c2ccccc2)O[P@@]1(=O)CC1=CCCCC1. The number of hydrogen-bond donors (Lipinski definition) is 0. The van der Waals surface area contributed by atoms with Crippen LogP contribution in [-0.2, 0) is 9.09 Å². The van der Waals surface area contributed by atoms with E-state index in [2.05, 4.69) is 43.7 Å². The Bertz CT molecular complexity index is 611. The maximum atomic E-state index is 13.7. The molecular formula is C19H28NO2P. The van der Waals surface area contributed by atoms with E-state index in [0.717, 1.165) is 18.4 Å². The molecule has 3 rings (SSSR count). The topological polar surface area (TPSA) is 29.5 Å². The normalized spacial score (nSPS) is 32.3. The van der Waals surface area contributed by atoms with Crippen molar-refractivity contribution in [3.8, 4) is 0 Å². The zero-order chi connectivity index (χ0) is 16.4. The van der Waals surface area contributed by atoms with Crippen molar-refractivity contribution in [2.75, 3.05) is 6.16 Å². The molecule has 1 heterocycles. The smallest absolute Gasteiger partial charge is 0.277 e. The monoisotopic (exact) mass is 333 g/mol. The molecule has 1 aliphatic carbocycles. The van der Waals surface area contributed by atoms with Crippen molar-refractivity contribution in [3.05, 3.63) is 47.5 Å². The summed E-state index contributed by atoms with van der Waals surface area (Å²) in [5.74, 6) is 0. The van der Waals surface area contributed by atoms with E-state index in [1.54, 1.807) is 0 Å². The molecule has 0 N–H and O–H groups in total. The largest absolute Gasteiger partial charge is 0.307 e. The molecule has 0 radical (unpaired) electrons. The third kappa shape index (κ3) is 3.47. The second-order valence-corrected chi connectivity index (χ2v) is 9.32. The van der Waals surface area contributed by atoms with Gasteiger partial charge in [-0.3, -0.25) is 4.57 Å². The van der Waals surface area contributed by atoms with Crippen molar-refractivity contribution in [3.63, 3.8) is 0 Å². The Morgan fingerprint density at radius 3 is 2.61 bits per heavy atom. The van der Waals surface area contributed by atoms with Gasteiger partial charge < -0.3 is 4.52 Å². The van der Waals surface area contributed by atoms with E-state index in [4.69, 9.17) is 4.52 Å². The van der Waals surface area contributed by atoms with Gasteiger partial charge in [0.05, 0.1) is 6.16 Å². The molecule has 1 aromatic carbocycles. The molecular weight excluding hydrogens is 305 g/mol. The maximum absolute atomic E-state index is 13.7. The quantitative estimate of drug-likeness (QED) is 0.534. The minimum atomic E-state index is -2.82. The first-order valence-corrected chi connectivity index (χ1v) is 10.6. The lowest BCUT2D eigenvalue weighted by atomic mass is 10.0. The van der Waals surface area contributed by atoms with Crippen molar-refractivity contribution >= 4 is 7.52 Å². The van der Waals surface area contributed by atoms with Gasteiger partial charge in [0, 0.05) is 12.1 Å². The number of nitrogens with zero attached hydrogens (tertiary/aromatic N) is 1. The van der Waals surface area contributed by atoms with Gasteiger partial charge in [0.1, 0.15) is 6.10 Å². The van der Waals surface area contributed by atoms with Crippen LogP contribution in [0.1, 0.15) is 58.1 Å². The fourth-order valence-corrected chi connectivity index (χ4v) is 7.14. The van der Waals surface area contributed by atoms with Crippen LogP contribution in [0.2, 0.25) is 0 Å². The number of benzene rings is 1. The Morgan fingerprint density at radius 1 is 1.26 bits per heavy atom. The summed E-state index contributed by atoms with van der Waals surface area (Å²) in [6, 6.07) is 10.6. The van der Waals surface area contributed by atoms with Crippen LogP contribution in [-0.4, -0.2) is 22.9 Å². The third-order valence-corrected chi connectivity index (χ3v) is 7.82. The van der Waals surface area contributed by atoms with Gasteiger partial charge in [-0.2, -0.15) is 0 Å². The summed E-state index contributed by atoms with van der Waals surface area (Å²) in [6.45, 7) is 6.39. The van der Waals surface area contributed by atoms with E-state index < -0.39 is 7.52 Å². The van der Waals surface area contributed by atoms with Crippen molar-refractivity contribution in [1.82, 2.24) is 4.67 Å². The highest BCUT2D eigenvalue weighted by Crippen LogP contribution is 2.64. The summed E-state index contributed by atoms with van der Waals surface area (Å²) in [5, 5.41) is 0. The predicted molar refractivity (Wildman–Crippen MR) is 95.7 cm³/mol. The number of hydrogen-bond acceptors (Lipinski definition) is 2. The first kappa shape index (κ1) is 17.0. The number of rotatable bonds is 4. The van der Waals surface area contributed by atoms with E-state index >= 15 is 0 Å². The fraction of sp³-hybridized carbons (Fsp3) is 0.579. The van der Waals surface area contributed by atoms with E-state index in [9.17, 15) is 4.57 Å². The standard InChI is InChI=1S/C19H28NO2P/c1-15(2)20-16(3)19(18-12-8-5-9-13-18)22-23(20,21)14-17-10-6-4-7-11-17/h5,8-10,12-13,15-16,19H,4,6-7,11,14H2,1-3H3/t16?,19-,23-/m0/s1. The van der Waals surface area contributed by atoms with Crippen LogP contribution in [0.5, 0.6) is 0 Å². The Balaban J connectivity index is 1.88. The van der Waals surface area contributed by atoms with Crippen LogP contribution in [0.25, 0.3) is 0 Å². The van der Waals surface area contributed by atoms with Gasteiger partial charge in [0.25, 0.3) is 7.52 Å². The van der Waals surface area contributed by atoms with Crippen LogP contribution in [0.15, 0.2) is 42.0 Å².